The van der Waals surface area contributed by atoms with E-state index in [0.717, 1.165) is 25.0 Å². The molecule has 3 rings (SSSR count). The largest absolute Gasteiger partial charge is 0.201 e. The fourth-order valence-electron chi connectivity index (χ4n) is 1.91. The number of aryl methyl sites for hydroxylation is 1. The SMILES string of the molecule is Clc1c2c(nn1-c1cccnn1)CCC2. The molecule has 2 aromatic heterocycles. The van der Waals surface area contributed by atoms with Gasteiger partial charge in [0.15, 0.2) is 5.82 Å². The minimum Gasteiger partial charge on any atom is -0.201 e. The molecule has 15 heavy (non-hydrogen) atoms. The minimum atomic E-state index is 0.678. The summed E-state index contributed by atoms with van der Waals surface area (Å²) < 4.78 is 1.67. The minimum absolute atomic E-state index is 0.678. The van der Waals surface area contributed by atoms with Gasteiger partial charge in [0.2, 0.25) is 0 Å². The Kier molecular flexibility index (Phi) is 1.95. The van der Waals surface area contributed by atoms with Crippen molar-refractivity contribution >= 4 is 11.6 Å². The molecule has 76 valence electrons. The van der Waals surface area contributed by atoms with Crippen LogP contribution in [0.1, 0.15) is 17.7 Å². The van der Waals surface area contributed by atoms with E-state index in [4.69, 9.17) is 11.6 Å². The zero-order valence-corrected chi connectivity index (χ0v) is 8.78. The summed E-state index contributed by atoms with van der Waals surface area (Å²) in [7, 11) is 0. The van der Waals surface area contributed by atoms with Crippen LogP contribution in [0.4, 0.5) is 0 Å². The van der Waals surface area contributed by atoms with Gasteiger partial charge in [0, 0.05) is 11.8 Å². The summed E-state index contributed by atoms with van der Waals surface area (Å²) in [5.41, 5.74) is 2.27. The Labute approximate surface area is 91.9 Å². The maximum atomic E-state index is 6.24. The van der Waals surface area contributed by atoms with Crippen LogP contribution in [0.15, 0.2) is 18.3 Å². The van der Waals surface area contributed by atoms with E-state index in [-0.39, 0.29) is 0 Å². The van der Waals surface area contributed by atoms with Gasteiger partial charge in [0.05, 0.1) is 5.69 Å². The number of halogens is 1. The van der Waals surface area contributed by atoms with Gasteiger partial charge < -0.3 is 0 Å². The van der Waals surface area contributed by atoms with Crippen molar-refractivity contribution in [2.75, 3.05) is 0 Å². The van der Waals surface area contributed by atoms with Gasteiger partial charge in [-0.25, -0.2) is 4.68 Å². The van der Waals surface area contributed by atoms with E-state index in [1.807, 2.05) is 12.1 Å². The lowest BCUT2D eigenvalue weighted by molar-refractivity contribution is 0.769. The molecule has 4 nitrogen and oxygen atoms in total. The van der Waals surface area contributed by atoms with Crippen LogP contribution in [0.25, 0.3) is 5.82 Å². The van der Waals surface area contributed by atoms with E-state index in [1.54, 1.807) is 10.9 Å². The summed E-state index contributed by atoms with van der Waals surface area (Å²) in [6.07, 6.45) is 4.82. The van der Waals surface area contributed by atoms with Crippen molar-refractivity contribution in [1.29, 1.82) is 0 Å². The molecule has 0 fully saturated rings. The second-order valence-corrected chi connectivity index (χ2v) is 3.92. The predicted octanol–water partition coefficient (Wildman–Crippen LogP) is 1.80. The lowest BCUT2D eigenvalue weighted by atomic mass is 10.3. The van der Waals surface area contributed by atoms with Gasteiger partial charge in [-0.1, -0.05) is 11.6 Å². The Hall–Kier alpha value is -1.42. The topological polar surface area (TPSA) is 43.6 Å². The summed E-state index contributed by atoms with van der Waals surface area (Å²) in [6.45, 7) is 0. The number of rotatable bonds is 1. The van der Waals surface area contributed by atoms with Crippen LogP contribution >= 0.6 is 11.6 Å². The Morgan fingerprint density at radius 1 is 1.33 bits per heavy atom. The van der Waals surface area contributed by atoms with Gasteiger partial charge in [0.1, 0.15) is 5.15 Å². The lowest BCUT2D eigenvalue weighted by Gasteiger charge is -2.00. The molecule has 0 N–H and O–H groups in total. The first-order valence-corrected chi connectivity index (χ1v) is 5.28. The van der Waals surface area contributed by atoms with Crippen molar-refractivity contribution in [3.8, 4) is 5.82 Å². The van der Waals surface area contributed by atoms with Gasteiger partial charge in [-0.3, -0.25) is 0 Å². The molecule has 0 radical (unpaired) electrons. The average Bonchev–Trinajstić information content (AvgIpc) is 2.83. The second-order valence-electron chi connectivity index (χ2n) is 3.56. The Morgan fingerprint density at radius 3 is 3.00 bits per heavy atom. The Morgan fingerprint density at radius 2 is 2.27 bits per heavy atom. The molecule has 0 spiro atoms. The molecule has 0 bridgehead atoms. The van der Waals surface area contributed by atoms with Crippen LogP contribution < -0.4 is 0 Å². The molecule has 0 aromatic carbocycles. The standard InChI is InChI=1S/C10H9ClN4/c11-10-7-3-1-4-8(7)14-15(10)9-5-2-6-12-13-9/h2,5-6H,1,3-4H2. The third-order valence-electron chi connectivity index (χ3n) is 2.62. The monoisotopic (exact) mass is 220 g/mol. The van der Waals surface area contributed by atoms with Gasteiger partial charge in [0.25, 0.3) is 0 Å². The number of fused-ring (bicyclic) bond motifs is 1. The molecule has 0 saturated heterocycles. The lowest BCUT2D eigenvalue weighted by Crippen LogP contribution is -2.01. The summed E-state index contributed by atoms with van der Waals surface area (Å²) >= 11 is 6.24. The Bertz CT molecular complexity index is 492. The zero-order chi connectivity index (χ0) is 10.3. The third kappa shape index (κ3) is 1.33. The highest BCUT2D eigenvalue weighted by atomic mass is 35.5. The van der Waals surface area contributed by atoms with Crippen molar-refractivity contribution in [2.45, 2.75) is 19.3 Å². The fraction of sp³-hybridized carbons (Fsp3) is 0.300. The van der Waals surface area contributed by atoms with E-state index in [0.29, 0.717) is 11.0 Å². The molecule has 5 heteroatoms. The number of aromatic nitrogens is 4. The summed E-state index contributed by atoms with van der Waals surface area (Å²) in [6, 6.07) is 3.67. The van der Waals surface area contributed by atoms with Crippen molar-refractivity contribution < 1.29 is 0 Å². The molecule has 0 amide bonds. The first-order valence-electron chi connectivity index (χ1n) is 4.90. The van der Waals surface area contributed by atoms with Crippen LogP contribution in [0.2, 0.25) is 5.15 Å². The van der Waals surface area contributed by atoms with Gasteiger partial charge in [-0.05, 0) is 31.4 Å². The first kappa shape index (κ1) is 8.85. The quantitative estimate of drug-likeness (QED) is 0.736. The van der Waals surface area contributed by atoms with Crippen LogP contribution in [0.5, 0.6) is 0 Å². The molecular formula is C10H9ClN4. The number of nitrogens with zero attached hydrogens (tertiary/aromatic N) is 4. The van der Waals surface area contributed by atoms with Crippen LogP contribution in [0.3, 0.4) is 0 Å². The molecule has 0 atom stereocenters. The van der Waals surface area contributed by atoms with E-state index < -0.39 is 0 Å². The first-order chi connectivity index (χ1) is 7.36. The van der Waals surface area contributed by atoms with E-state index in [9.17, 15) is 0 Å². The molecule has 0 saturated carbocycles. The van der Waals surface area contributed by atoms with Crippen molar-refractivity contribution in [2.24, 2.45) is 0 Å². The maximum Gasteiger partial charge on any atom is 0.177 e. The van der Waals surface area contributed by atoms with Gasteiger partial charge >= 0.3 is 0 Å². The second kappa shape index (κ2) is 3.31. The highest BCUT2D eigenvalue weighted by molar-refractivity contribution is 6.30. The van der Waals surface area contributed by atoms with Crippen molar-refractivity contribution in [3.63, 3.8) is 0 Å². The summed E-state index contributed by atoms with van der Waals surface area (Å²) in [4.78, 5) is 0. The van der Waals surface area contributed by atoms with Crippen LogP contribution in [0, 0.1) is 0 Å². The number of hydrogen-bond donors (Lipinski definition) is 0. The molecule has 1 aliphatic carbocycles. The van der Waals surface area contributed by atoms with E-state index >= 15 is 0 Å². The molecule has 0 aliphatic heterocycles. The Balaban J connectivity index is 2.14. The van der Waals surface area contributed by atoms with Crippen LogP contribution in [-0.4, -0.2) is 20.0 Å². The predicted molar refractivity (Wildman–Crippen MR) is 56.2 cm³/mol. The molecule has 0 unspecified atom stereocenters. The van der Waals surface area contributed by atoms with Crippen molar-refractivity contribution in [3.05, 3.63) is 34.7 Å². The zero-order valence-electron chi connectivity index (χ0n) is 8.02. The average molecular weight is 221 g/mol. The fourth-order valence-corrected chi connectivity index (χ4v) is 2.24. The molecule has 2 aromatic rings. The van der Waals surface area contributed by atoms with E-state index in [1.165, 1.54) is 5.56 Å². The van der Waals surface area contributed by atoms with Crippen LogP contribution in [-0.2, 0) is 12.8 Å². The van der Waals surface area contributed by atoms with Crippen molar-refractivity contribution in [1.82, 2.24) is 20.0 Å². The molecular weight excluding hydrogens is 212 g/mol. The molecule has 1 aliphatic rings. The maximum absolute atomic E-state index is 6.24. The van der Waals surface area contributed by atoms with Gasteiger partial charge in [-0.15, -0.1) is 5.10 Å². The third-order valence-corrected chi connectivity index (χ3v) is 3.01. The highest BCUT2D eigenvalue weighted by Gasteiger charge is 2.21. The summed E-state index contributed by atoms with van der Waals surface area (Å²) in [5, 5.41) is 12.9. The number of hydrogen-bond acceptors (Lipinski definition) is 3. The normalized spacial score (nSPS) is 14.2. The highest BCUT2D eigenvalue weighted by Crippen LogP contribution is 2.29. The summed E-state index contributed by atoms with van der Waals surface area (Å²) in [5.74, 6) is 0.678. The molecule has 2 heterocycles. The van der Waals surface area contributed by atoms with Gasteiger partial charge in [-0.2, -0.15) is 10.2 Å². The van der Waals surface area contributed by atoms with E-state index in [2.05, 4.69) is 15.3 Å². The smallest absolute Gasteiger partial charge is 0.177 e.